The average Bonchev–Trinajstić information content (AvgIpc) is 2.80. The smallest absolute Gasteiger partial charge is 0.198 e. The molecule has 1 N–H and O–H groups in total. The third-order valence-electron chi connectivity index (χ3n) is 3.33. The number of oxazole rings is 1. The molecule has 0 bridgehead atoms. The van der Waals surface area contributed by atoms with Crippen LogP contribution in [0.2, 0.25) is 0 Å². The van der Waals surface area contributed by atoms with Gasteiger partial charge in [0.05, 0.1) is 0 Å². The Balaban J connectivity index is 1.64. The fraction of sp³-hybridized carbons (Fsp3) is 0.538. The van der Waals surface area contributed by atoms with E-state index >= 15 is 0 Å². The summed E-state index contributed by atoms with van der Waals surface area (Å²) in [6, 6.07) is 4.42. The summed E-state index contributed by atoms with van der Waals surface area (Å²) in [5, 5.41) is 3.54. The minimum absolute atomic E-state index is 0.631. The molecule has 0 amide bonds. The van der Waals surface area contributed by atoms with Gasteiger partial charge in [-0.1, -0.05) is 6.42 Å². The lowest BCUT2D eigenvalue weighted by Gasteiger charge is -2.22. The topological polar surface area (TPSA) is 51.0 Å². The molecule has 17 heavy (non-hydrogen) atoms. The molecule has 1 fully saturated rings. The molecule has 4 nitrogen and oxygen atoms in total. The molecule has 0 aliphatic carbocycles. The Hall–Kier alpha value is -1.42. The van der Waals surface area contributed by atoms with E-state index in [-0.39, 0.29) is 0 Å². The highest BCUT2D eigenvalue weighted by molar-refractivity contribution is 5.66. The maximum absolute atomic E-state index is 5.66. The first-order valence-corrected chi connectivity index (χ1v) is 6.35. The fourth-order valence-corrected chi connectivity index (χ4v) is 2.39. The number of piperidine rings is 1. The van der Waals surface area contributed by atoms with Gasteiger partial charge in [-0.25, -0.2) is 4.98 Å². The molecule has 0 radical (unpaired) electrons. The number of nitrogens with zero attached hydrogens (tertiary/aromatic N) is 2. The largest absolute Gasteiger partial charge is 0.439 e. The van der Waals surface area contributed by atoms with E-state index in [9.17, 15) is 0 Å². The zero-order valence-electron chi connectivity index (χ0n) is 9.85. The van der Waals surface area contributed by atoms with E-state index in [1.807, 2.05) is 12.1 Å². The third kappa shape index (κ3) is 2.47. The van der Waals surface area contributed by atoms with Crippen LogP contribution in [-0.4, -0.2) is 22.6 Å². The minimum Gasteiger partial charge on any atom is -0.439 e. The number of hydrogen-bond donors (Lipinski definition) is 1. The van der Waals surface area contributed by atoms with Gasteiger partial charge in [0, 0.05) is 18.7 Å². The molecule has 0 aromatic carbocycles. The van der Waals surface area contributed by atoms with E-state index in [4.69, 9.17) is 4.42 Å². The molecule has 1 saturated heterocycles. The van der Waals surface area contributed by atoms with Gasteiger partial charge in [-0.2, -0.15) is 4.98 Å². The van der Waals surface area contributed by atoms with Crippen LogP contribution in [0.4, 0.5) is 0 Å². The van der Waals surface area contributed by atoms with Crippen molar-refractivity contribution >= 4 is 11.2 Å². The highest BCUT2D eigenvalue weighted by Crippen LogP contribution is 2.16. The second-order valence-electron chi connectivity index (χ2n) is 4.62. The minimum atomic E-state index is 0.631. The van der Waals surface area contributed by atoms with Crippen molar-refractivity contribution < 1.29 is 4.42 Å². The van der Waals surface area contributed by atoms with E-state index in [1.54, 1.807) is 6.20 Å². The number of pyridine rings is 1. The number of aryl methyl sites for hydroxylation is 1. The molecule has 2 aromatic rings. The summed E-state index contributed by atoms with van der Waals surface area (Å²) in [5.74, 6) is 0.811. The van der Waals surface area contributed by atoms with Gasteiger partial charge < -0.3 is 9.73 Å². The molecule has 1 unspecified atom stereocenters. The van der Waals surface area contributed by atoms with Crippen LogP contribution < -0.4 is 5.32 Å². The molecule has 3 heterocycles. The monoisotopic (exact) mass is 231 g/mol. The van der Waals surface area contributed by atoms with Crippen LogP contribution in [0, 0.1) is 0 Å². The number of nitrogens with one attached hydrogen (secondary N) is 1. The maximum Gasteiger partial charge on any atom is 0.198 e. The summed E-state index contributed by atoms with van der Waals surface area (Å²) in [4.78, 5) is 8.57. The molecule has 4 heteroatoms. The van der Waals surface area contributed by atoms with E-state index < -0.39 is 0 Å². The zero-order chi connectivity index (χ0) is 11.5. The predicted molar refractivity (Wildman–Crippen MR) is 65.8 cm³/mol. The molecule has 3 rings (SSSR count). The van der Waals surface area contributed by atoms with Gasteiger partial charge in [-0.15, -0.1) is 0 Å². The Labute approximate surface area is 100 Å². The zero-order valence-corrected chi connectivity index (χ0v) is 9.85. The van der Waals surface area contributed by atoms with Crippen LogP contribution in [0.1, 0.15) is 31.6 Å². The van der Waals surface area contributed by atoms with E-state index in [2.05, 4.69) is 15.3 Å². The lowest BCUT2D eigenvalue weighted by Crippen LogP contribution is -2.34. The van der Waals surface area contributed by atoms with Crippen LogP contribution in [-0.2, 0) is 6.42 Å². The Kier molecular flexibility index (Phi) is 3.05. The molecule has 0 saturated carbocycles. The summed E-state index contributed by atoms with van der Waals surface area (Å²) in [6.45, 7) is 1.15. The van der Waals surface area contributed by atoms with Crippen molar-refractivity contribution in [2.24, 2.45) is 0 Å². The van der Waals surface area contributed by atoms with Crippen molar-refractivity contribution in [3.8, 4) is 0 Å². The average molecular weight is 231 g/mol. The van der Waals surface area contributed by atoms with Crippen LogP contribution in [0.15, 0.2) is 22.7 Å². The van der Waals surface area contributed by atoms with Gasteiger partial charge in [-0.05, 0) is 37.9 Å². The molecule has 2 aromatic heterocycles. The van der Waals surface area contributed by atoms with Crippen LogP contribution in [0.3, 0.4) is 0 Å². The molecular formula is C13H17N3O. The second-order valence-corrected chi connectivity index (χ2v) is 4.62. The predicted octanol–water partition coefficient (Wildman–Crippen LogP) is 2.30. The first-order chi connectivity index (χ1) is 8.42. The van der Waals surface area contributed by atoms with Gasteiger partial charge >= 0.3 is 0 Å². The summed E-state index contributed by atoms with van der Waals surface area (Å²) in [5.41, 5.74) is 1.51. The number of fused-ring (bicyclic) bond motifs is 1. The van der Waals surface area contributed by atoms with Crippen LogP contribution in [0.5, 0.6) is 0 Å². The van der Waals surface area contributed by atoms with Crippen molar-refractivity contribution in [1.82, 2.24) is 15.3 Å². The molecule has 1 aliphatic heterocycles. The van der Waals surface area contributed by atoms with Crippen LogP contribution >= 0.6 is 0 Å². The maximum atomic E-state index is 5.66. The Morgan fingerprint density at radius 1 is 1.41 bits per heavy atom. The van der Waals surface area contributed by atoms with E-state index in [1.165, 1.54) is 19.3 Å². The molecular weight excluding hydrogens is 214 g/mol. The fourth-order valence-electron chi connectivity index (χ4n) is 2.39. The van der Waals surface area contributed by atoms with Gasteiger partial charge in [0.1, 0.15) is 0 Å². The second kappa shape index (κ2) is 4.84. The summed E-state index contributed by atoms with van der Waals surface area (Å²) in [7, 11) is 0. The Morgan fingerprint density at radius 2 is 2.41 bits per heavy atom. The lowest BCUT2D eigenvalue weighted by atomic mass is 10.0. The molecule has 1 atom stereocenters. The number of aromatic nitrogens is 2. The molecule has 0 spiro atoms. The normalized spacial score (nSPS) is 20.8. The van der Waals surface area contributed by atoms with Crippen molar-refractivity contribution in [1.29, 1.82) is 0 Å². The van der Waals surface area contributed by atoms with Gasteiger partial charge in [-0.3, -0.25) is 0 Å². The van der Waals surface area contributed by atoms with Gasteiger partial charge in [0.2, 0.25) is 0 Å². The standard InChI is InChI=1S/C13H17N3O/c1-2-8-14-10(4-1)6-7-12-16-13-11(17-12)5-3-9-15-13/h3,5,9-10,14H,1-2,4,6-8H2. The van der Waals surface area contributed by atoms with Crippen molar-refractivity contribution in [3.63, 3.8) is 0 Å². The first kappa shape index (κ1) is 10.7. The molecule has 1 aliphatic rings. The number of hydrogen-bond acceptors (Lipinski definition) is 4. The number of rotatable bonds is 3. The summed E-state index contributed by atoms with van der Waals surface area (Å²) in [6.07, 6.45) is 7.67. The third-order valence-corrected chi connectivity index (χ3v) is 3.33. The quantitative estimate of drug-likeness (QED) is 0.880. The highest BCUT2D eigenvalue weighted by Gasteiger charge is 2.14. The van der Waals surface area contributed by atoms with E-state index in [0.717, 1.165) is 36.5 Å². The summed E-state index contributed by atoms with van der Waals surface area (Å²) >= 11 is 0. The summed E-state index contributed by atoms with van der Waals surface area (Å²) < 4.78 is 5.66. The van der Waals surface area contributed by atoms with Crippen molar-refractivity contribution in [3.05, 3.63) is 24.2 Å². The van der Waals surface area contributed by atoms with Gasteiger partial charge in [0.25, 0.3) is 0 Å². The SMILES string of the molecule is c1cnc2nc(CCC3CCCCN3)oc2c1. The van der Waals surface area contributed by atoms with Crippen molar-refractivity contribution in [2.45, 2.75) is 38.1 Å². The van der Waals surface area contributed by atoms with Crippen molar-refractivity contribution in [2.75, 3.05) is 6.54 Å². The van der Waals surface area contributed by atoms with Crippen LogP contribution in [0.25, 0.3) is 11.2 Å². The Morgan fingerprint density at radius 3 is 3.24 bits per heavy atom. The van der Waals surface area contributed by atoms with E-state index in [0.29, 0.717) is 6.04 Å². The highest BCUT2D eigenvalue weighted by atomic mass is 16.3. The Bertz CT molecular complexity index is 455. The first-order valence-electron chi connectivity index (χ1n) is 6.35. The van der Waals surface area contributed by atoms with Gasteiger partial charge in [0.15, 0.2) is 17.1 Å². The lowest BCUT2D eigenvalue weighted by molar-refractivity contribution is 0.371. The molecule has 90 valence electrons.